The van der Waals surface area contributed by atoms with E-state index in [2.05, 4.69) is 15.4 Å². The second-order valence-electron chi connectivity index (χ2n) is 7.70. The zero-order chi connectivity index (χ0) is 22.1. The van der Waals surface area contributed by atoms with E-state index in [1.807, 2.05) is 20.8 Å². The highest BCUT2D eigenvalue weighted by Gasteiger charge is 2.35. The maximum Gasteiger partial charge on any atom is 0.433 e. The molecule has 8 nitrogen and oxygen atoms in total. The summed E-state index contributed by atoms with van der Waals surface area (Å²) in [7, 11) is 0. The normalized spacial score (nSPS) is 13.0. The number of carbonyl (C=O) groups excluding carboxylic acids is 1. The summed E-state index contributed by atoms with van der Waals surface area (Å²) < 4.78 is 50.1. The first-order chi connectivity index (χ1) is 14.0. The van der Waals surface area contributed by atoms with Crippen LogP contribution in [-0.2, 0) is 6.18 Å². The number of nitrogens with zero attached hydrogens (tertiary/aromatic N) is 4. The van der Waals surface area contributed by atoms with Gasteiger partial charge in [-0.25, -0.2) is 4.98 Å². The second-order valence-corrected chi connectivity index (χ2v) is 7.70. The standard InChI is InChI=1S/C19H18F3N5O3/c1-18(2,3)9-27(16-7-14(19(20,21)22)24-15(8-23)25-16)26-17(28)11-4-5-12-13(6-11)30-10-29-12/h4-7H,9-10H2,1-3H3,(H,26,28). The van der Waals surface area contributed by atoms with E-state index in [9.17, 15) is 18.0 Å². The van der Waals surface area contributed by atoms with Crippen LogP contribution in [0.15, 0.2) is 24.3 Å². The molecule has 2 aromatic rings. The quantitative estimate of drug-likeness (QED) is 0.756. The molecule has 1 aromatic heterocycles. The summed E-state index contributed by atoms with van der Waals surface area (Å²) in [5.74, 6) is -0.627. The Morgan fingerprint density at radius 1 is 1.20 bits per heavy atom. The molecule has 0 unspecified atom stereocenters. The molecule has 0 spiro atoms. The van der Waals surface area contributed by atoms with Gasteiger partial charge < -0.3 is 9.47 Å². The molecule has 1 aliphatic rings. The number of fused-ring (bicyclic) bond motifs is 1. The van der Waals surface area contributed by atoms with Gasteiger partial charge in [0.2, 0.25) is 12.6 Å². The van der Waals surface area contributed by atoms with Gasteiger partial charge in [-0.15, -0.1) is 0 Å². The summed E-state index contributed by atoms with van der Waals surface area (Å²) in [5, 5.41) is 10.2. The van der Waals surface area contributed by atoms with E-state index < -0.39 is 29.0 Å². The van der Waals surface area contributed by atoms with Crippen molar-refractivity contribution < 1.29 is 27.4 Å². The molecular weight excluding hydrogens is 403 g/mol. The highest BCUT2D eigenvalue weighted by Crippen LogP contribution is 2.33. The molecule has 0 radical (unpaired) electrons. The maximum absolute atomic E-state index is 13.2. The number of alkyl halides is 3. The van der Waals surface area contributed by atoms with Crippen molar-refractivity contribution in [2.45, 2.75) is 26.9 Å². The first-order valence-corrected chi connectivity index (χ1v) is 8.81. The number of anilines is 1. The van der Waals surface area contributed by atoms with Crippen molar-refractivity contribution in [3.05, 3.63) is 41.3 Å². The Labute approximate surface area is 170 Å². The molecule has 1 N–H and O–H groups in total. The molecule has 0 bridgehead atoms. The Balaban J connectivity index is 1.96. The maximum atomic E-state index is 13.2. The van der Waals surface area contributed by atoms with Crippen molar-refractivity contribution in [1.82, 2.24) is 15.4 Å². The van der Waals surface area contributed by atoms with E-state index in [-0.39, 0.29) is 24.7 Å². The van der Waals surface area contributed by atoms with Crippen LogP contribution in [0.4, 0.5) is 19.0 Å². The van der Waals surface area contributed by atoms with E-state index in [0.717, 1.165) is 0 Å². The molecule has 0 atom stereocenters. The van der Waals surface area contributed by atoms with Crippen LogP contribution in [0.3, 0.4) is 0 Å². The zero-order valence-electron chi connectivity index (χ0n) is 16.4. The fourth-order valence-electron chi connectivity index (χ4n) is 2.64. The number of rotatable bonds is 4. The van der Waals surface area contributed by atoms with Gasteiger partial charge in [0.25, 0.3) is 5.91 Å². The lowest BCUT2D eigenvalue weighted by atomic mass is 9.96. The van der Waals surface area contributed by atoms with Gasteiger partial charge in [-0.05, 0) is 23.6 Å². The van der Waals surface area contributed by atoms with Crippen LogP contribution in [0, 0.1) is 16.7 Å². The summed E-state index contributed by atoms with van der Waals surface area (Å²) in [6, 6.07) is 6.73. The Hall–Kier alpha value is -3.55. The smallest absolute Gasteiger partial charge is 0.433 e. The van der Waals surface area contributed by atoms with Crippen molar-refractivity contribution in [1.29, 1.82) is 5.26 Å². The predicted octanol–water partition coefficient (Wildman–Crippen LogP) is 3.29. The van der Waals surface area contributed by atoms with Crippen LogP contribution in [0.5, 0.6) is 11.5 Å². The molecule has 0 saturated heterocycles. The lowest BCUT2D eigenvalue weighted by Crippen LogP contribution is -2.47. The minimum absolute atomic E-state index is 0.0364. The largest absolute Gasteiger partial charge is 0.454 e. The molecule has 1 aliphatic heterocycles. The fourth-order valence-corrected chi connectivity index (χ4v) is 2.64. The van der Waals surface area contributed by atoms with Crippen LogP contribution in [-0.4, -0.2) is 29.2 Å². The molecule has 3 rings (SSSR count). The highest BCUT2D eigenvalue weighted by molar-refractivity contribution is 5.95. The number of nitrogens with one attached hydrogen (secondary N) is 1. The number of nitriles is 1. The van der Waals surface area contributed by atoms with E-state index in [0.29, 0.717) is 17.6 Å². The van der Waals surface area contributed by atoms with Crippen molar-refractivity contribution in [2.24, 2.45) is 5.41 Å². The van der Waals surface area contributed by atoms with Crippen molar-refractivity contribution in [3.63, 3.8) is 0 Å². The topological polar surface area (TPSA) is 100 Å². The molecule has 158 valence electrons. The highest BCUT2D eigenvalue weighted by atomic mass is 19.4. The number of benzene rings is 1. The lowest BCUT2D eigenvalue weighted by molar-refractivity contribution is -0.141. The Morgan fingerprint density at radius 3 is 2.53 bits per heavy atom. The van der Waals surface area contributed by atoms with E-state index in [1.165, 1.54) is 23.2 Å². The molecule has 0 saturated carbocycles. The summed E-state index contributed by atoms with van der Waals surface area (Å²) in [4.78, 5) is 19.8. The second kappa shape index (κ2) is 7.70. The monoisotopic (exact) mass is 421 g/mol. The third-order valence-electron chi connectivity index (χ3n) is 3.88. The number of ether oxygens (including phenoxy) is 2. The molecule has 11 heteroatoms. The molecule has 1 aromatic carbocycles. The molecule has 0 fully saturated rings. The SMILES string of the molecule is CC(C)(C)CN(NC(=O)c1ccc2c(c1)OCO2)c1cc(C(F)(F)F)nc(C#N)n1. The minimum atomic E-state index is -4.78. The summed E-state index contributed by atoms with van der Waals surface area (Å²) in [6.45, 7) is 5.66. The van der Waals surface area contributed by atoms with Gasteiger partial charge in [-0.3, -0.25) is 15.2 Å². The number of hydrazine groups is 1. The van der Waals surface area contributed by atoms with Gasteiger partial charge in [0.15, 0.2) is 23.0 Å². The number of halogens is 3. The van der Waals surface area contributed by atoms with Crippen LogP contribution in [0.25, 0.3) is 0 Å². The van der Waals surface area contributed by atoms with Gasteiger partial charge in [-0.1, -0.05) is 20.8 Å². The average molecular weight is 421 g/mol. The van der Waals surface area contributed by atoms with Crippen LogP contribution >= 0.6 is 0 Å². The van der Waals surface area contributed by atoms with E-state index in [4.69, 9.17) is 14.7 Å². The number of amides is 1. The number of hydrogen-bond donors (Lipinski definition) is 1. The Kier molecular flexibility index (Phi) is 5.43. The van der Waals surface area contributed by atoms with Crippen LogP contribution in [0.1, 0.15) is 42.6 Å². The first kappa shape index (κ1) is 21.2. The van der Waals surface area contributed by atoms with Crippen LogP contribution in [0.2, 0.25) is 0 Å². The summed E-state index contributed by atoms with van der Waals surface area (Å²) in [5.41, 5.74) is 1.06. The van der Waals surface area contributed by atoms with Crippen molar-refractivity contribution >= 4 is 11.7 Å². The first-order valence-electron chi connectivity index (χ1n) is 8.81. The van der Waals surface area contributed by atoms with Gasteiger partial charge in [-0.2, -0.15) is 23.4 Å². The van der Waals surface area contributed by atoms with E-state index in [1.54, 1.807) is 6.07 Å². The predicted molar refractivity (Wildman–Crippen MR) is 98.6 cm³/mol. The van der Waals surface area contributed by atoms with Crippen molar-refractivity contribution in [3.8, 4) is 17.6 Å². The number of hydrogen-bond acceptors (Lipinski definition) is 7. The van der Waals surface area contributed by atoms with Gasteiger partial charge in [0.1, 0.15) is 6.07 Å². The molecular formula is C19H18F3N5O3. The summed E-state index contributed by atoms with van der Waals surface area (Å²) in [6.07, 6.45) is -4.78. The number of carbonyl (C=O) groups is 1. The average Bonchev–Trinajstić information content (AvgIpc) is 3.13. The van der Waals surface area contributed by atoms with Gasteiger partial charge >= 0.3 is 6.18 Å². The van der Waals surface area contributed by atoms with Gasteiger partial charge in [0.05, 0.1) is 0 Å². The van der Waals surface area contributed by atoms with Crippen LogP contribution < -0.4 is 19.9 Å². The fraction of sp³-hybridized carbons (Fsp3) is 0.368. The molecule has 1 amide bonds. The Bertz CT molecular complexity index is 1010. The number of aromatic nitrogens is 2. The third kappa shape index (κ3) is 4.89. The minimum Gasteiger partial charge on any atom is -0.454 e. The van der Waals surface area contributed by atoms with Crippen molar-refractivity contribution in [2.75, 3.05) is 18.3 Å². The molecule has 30 heavy (non-hydrogen) atoms. The van der Waals surface area contributed by atoms with E-state index >= 15 is 0 Å². The molecule has 0 aliphatic carbocycles. The Morgan fingerprint density at radius 2 is 1.90 bits per heavy atom. The zero-order valence-corrected chi connectivity index (χ0v) is 16.4. The summed E-state index contributed by atoms with van der Waals surface area (Å²) >= 11 is 0. The van der Waals surface area contributed by atoms with Gasteiger partial charge in [0, 0.05) is 18.2 Å². The third-order valence-corrected chi connectivity index (χ3v) is 3.88. The lowest BCUT2D eigenvalue weighted by Gasteiger charge is -2.31. The molecule has 2 heterocycles.